The van der Waals surface area contributed by atoms with Crippen LogP contribution in [0.4, 0.5) is 5.82 Å². The van der Waals surface area contributed by atoms with E-state index in [0.29, 0.717) is 32.2 Å². The lowest BCUT2D eigenvalue weighted by atomic mass is 9.42. The topological polar surface area (TPSA) is 87.9 Å². The van der Waals surface area contributed by atoms with Gasteiger partial charge in [-0.15, -0.1) is 11.3 Å². The van der Waals surface area contributed by atoms with Gasteiger partial charge in [0.25, 0.3) is 0 Å². The summed E-state index contributed by atoms with van der Waals surface area (Å²) in [5.74, 6) is 1.75. The van der Waals surface area contributed by atoms with Gasteiger partial charge in [-0.25, -0.2) is 9.97 Å². The largest absolute Gasteiger partial charge is 0.508 e. The Morgan fingerprint density at radius 3 is 2.84 bits per heavy atom. The second-order valence-electron chi connectivity index (χ2n) is 8.03. The standard InChI is InChI=1S/C22H23BN4O3S/c28-17-3-1-2-16(12-17)21-25-18-13-19(15-4-6-23(7-5-15)14-24-29)31-20(18)22(26-21)27-8-10-30-11-9-27/h1-4,12-13,28H,5-11,14H2. The molecule has 0 spiro atoms. The summed E-state index contributed by atoms with van der Waals surface area (Å²) >= 11 is 1.74. The van der Waals surface area contributed by atoms with E-state index >= 15 is 0 Å². The lowest BCUT2D eigenvalue weighted by Crippen LogP contribution is -2.36. The third kappa shape index (κ3) is 4.20. The van der Waals surface area contributed by atoms with Crippen molar-refractivity contribution in [3.63, 3.8) is 0 Å². The number of allylic oxidation sites excluding steroid dienone is 2. The molecule has 2 aliphatic heterocycles. The van der Waals surface area contributed by atoms with Crippen molar-refractivity contribution in [2.45, 2.75) is 19.1 Å². The van der Waals surface area contributed by atoms with Gasteiger partial charge in [0.1, 0.15) is 5.75 Å². The zero-order valence-electron chi connectivity index (χ0n) is 17.2. The molecule has 9 heteroatoms. The number of anilines is 1. The summed E-state index contributed by atoms with van der Waals surface area (Å²) in [6, 6.07) is 9.23. The average Bonchev–Trinajstić information content (AvgIpc) is 3.24. The fourth-order valence-electron chi connectivity index (χ4n) is 4.22. The number of nitrogens with zero attached hydrogens (tertiary/aromatic N) is 4. The Hall–Kier alpha value is -2.78. The molecule has 0 radical (unpaired) electrons. The molecular formula is C22H23BN4O3S. The maximum absolute atomic E-state index is 10.6. The van der Waals surface area contributed by atoms with Crippen LogP contribution in [0.15, 0.2) is 41.6 Å². The highest BCUT2D eigenvalue weighted by Crippen LogP contribution is 2.39. The first-order chi connectivity index (χ1) is 15.2. The minimum absolute atomic E-state index is 0.201. The summed E-state index contributed by atoms with van der Waals surface area (Å²) < 4.78 is 6.62. The molecule has 7 nitrogen and oxygen atoms in total. The van der Waals surface area contributed by atoms with Gasteiger partial charge in [-0.05, 0) is 30.2 Å². The fraction of sp³-hybridized carbons (Fsp3) is 0.364. The summed E-state index contributed by atoms with van der Waals surface area (Å²) in [4.78, 5) is 23.8. The molecule has 1 N–H and O–H groups in total. The quantitative estimate of drug-likeness (QED) is 0.470. The number of hydrogen-bond acceptors (Lipinski definition) is 8. The van der Waals surface area contributed by atoms with E-state index in [0.717, 1.165) is 53.7 Å². The highest BCUT2D eigenvalue weighted by molar-refractivity contribution is 7.20. The van der Waals surface area contributed by atoms with Crippen LogP contribution >= 0.6 is 11.3 Å². The first kappa shape index (κ1) is 20.1. The van der Waals surface area contributed by atoms with Gasteiger partial charge in [0.15, 0.2) is 18.4 Å². The van der Waals surface area contributed by atoms with Crippen molar-refractivity contribution in [2.75, 3.05) is 37.6 Å². The van der Waals surface area contributed by atoms with Crippen LogP contribution in [0.2, 0.25) is 12.6 Å². The highest BCUT2D eigenvalue weighted by Gasteiger charge is 2.23. The molecule has 0 amide bonds. The van der Waals surface area contributed by atoms with E-state index in [1.54, 1.807) is 23.5 Å². The summed E-state index contributed by atoms with van der Waals surface area (Å²) in [6.07, 6.45) is 5.49. The van der Waals surface area contributed by atoms with Gasteiger partial charge in [0.05, 0.1) is 29.9 Å². The van der Waals surface area contributed by atoms with Crippen molar-refractivity contribution in [2.24, 2.45) is 5.18 Å². The number of hydrogen-bond donors (Lipinski definition) is 1. The average molecular weight is 434 g/mol. The van der Waals surface area contributed by atoms with E-state index < -0.39 is 0 Å². The first-order valence-corrected chi connectivity index (χ1v) is 11.4. The number of benzene rings is 1. The third-order valence-electron chi connectivity index (χ3n) is 5.94. The number of ether oxygens (including phenoxy) is 1. The summed E-state index contributed by atoms with van der Waals surface area (Å²) in [6.45, 7) is 3.31. The number of aromatic hydroxyl groups is 1. The number of nitroso groups, excluding NO2 is 1. The van der Waals surface area contributed by atoms with Crippen LogP contribution in [0.5, 0.6) is 5.75 Å². The van der Waals surface area contributed by atoms with E-state index in [4.69, 9.17) is 14.7 Å². The first-order valence-electron chi connectivity index (χ1n) is 10.6. The Kier molecular flexibility index (Phi) is 5.69. The predicted molar refractivity (Wildman–Crippen MR) is 126 cm³/mol. The molecule has 1 aromatic carbocycles. The molecule has 0 bridgehead atoms. The van der Waals surface area contributed by atoms with E-state index in [1.165, 1.54) is 10.5 Å². The van der Waals surface area contributed by atoms with Gasteiger partial charge in [-0.3, -0.25) is 0 Å². The van der Waals surface area contributed by atoms with Gasteiger partial charge in [0, 0.05) is 23.5 Å². The lowest BCUT2D eigenvalue weighted by Gasteiger charge is -2.28. The van der Waals surface area contributed by atoms with Crippen LogP contribution in [0.25, 0.3) is 27.2 Å². The fourth-order valence-corrected chi connectivity index (χ4v) is 5.40. The Labute approximate surface area is 184 Å². The van der Waals surface area contributed by atoms with Crippen LogP contribution in [-0.2, 0) is 4.74 Å². The zero-order chi connectivity index (χ0) is 21.2. The van der Waals surface area contributed by atoms with Gasteiger partial charge < -0.3 is 14.7 Å². The minimum atomic E-state index is 0.201. The zero-order valence-corrected chi connectivity index (χ0v) is 18.0. The van der Waals surface area contributed by atoms with Crippen LogP contribution in [-0.4, -0.2) is 54.5 Å². The molecular weight excluding hydrogens is 411 g/mol. The number of thiophene rings is 1. The minimum Gasteiger partial charge on any atom is -0.508 e. The Balaban J connectivity index is 1.57. The molecule has 3 aromatic rings. The van der Waals surface area contributed by atoms with E-state index in [2.05, 4.69) is 22.2 Å². The molecule has 1 saturated heterocycles. The van der Waals surface area contributed by atoms with Gasteiger partial charge in [-0.1, -0.05) is 36.0 Å². The Bertz CT molecular complexity index is 1140. The molecule has 4 heterocycles. The van der Waals surface area contributed by atoms with Crippen molar-refractivity contribution >= 4 is 39.7 Å². The molecule has 0 aliphatic carbocycles. The molecule has 0 unspecified atom stereocenters. The summed E-state index contributed by atoms with van der Waals surface area (Å²) in [7, 11) is 0. The van der Waals surface area contributed by atoms with Gasteiger partial charge in [-0.2, -0.15) is 4.91 Å². The molecule has 158 valence electrons. The van der Waals surface area contributed by atoms with E-state index in [-0.39, 0.29) is 5.75 Å². The van der Waals surface area contributed by atoms with Gasteiger partial charge >= 0.3 is 0 Å². The molecule has 2 aromatic heterocycles. The monoisotopic (exact) mass is 434 g/mol. The van der Waals surface area contributed by atoms with E-state index in [1.807, 2.05) is 12.1 Å². The molecule has 0 saturated carbocycles. The van der Waals surface area contributed by atoms with Crippen LogP contribution < -0.4 is 4.90 Å². The second-order valence-corrected chi connectivity index (χ2v) is 9.08. The van der Waals surface area contributed by atoms with Crippen molar-refractivity contribution in [1.29, 1.82) is 0 Å². The molecule has 0 atom stereocenters. The molecule has 1 fully saturated rings. The highest BCUT2D eigenvalue weighted by atomic mass is 32.1. The van der Waals surface area contributed by atoms with Gasteiger partial charge in [0.2, 0.25) is 0 Å². The van der Waals surface area contributed by atoms with Crippen molar-refractivity contribution in [3.05, 3.63) is 46.2 Å². The molecule has 5 rings (SSSR count). The smallest absolute Gasteiger partial charge is 0.175 e. The number of rotatable bonds is 5. The normalized spacial score (nSPS) is 17.1. The van der Waals surface area contributed by atoms with Crippen LogP contribution in [0.1, 0.15) is 11.3 Å². The second kappa shape index (κ2) is 8.76. The SMILES string of the molecule is O=NCB1CC=C(c2cc3nc(-c4cccc(O)c4)nc(N4CCOCC4)c3s2)CC1. The lowest BCUT2D eigenvalue weighted by molar-refractivity contribution is 0.122. The molecule has 31 heavy (non-hydrogen) atoms. The van der Waals surface area contributed by atoms with Crippen molar-refractivity contribution in [3.8, 4) is 17.1 Å². The molecule has 2 aliphatic rings. The number of aromatic nitrogens is 2. The number of fused-ring (bicyclic) bond motifs is 1. The number of morpholine rings is 1. The number of phenolic OH excluding ortho intramolecular Hbond substituents is 1. The van der Waals surface area contributed by atoms with Crippen LogP contribution in [0.3, 0.4) is 0 Å². The van der Waals surface area contributed by atoms with E-state index in [9.17, 15) is 10.0 Å². The Morgan fingerprint density at radius 1 is 1.23 bits per heavy atom. The predicted octanol–water partition coefficient (Wildman–Crippen LogP) is 4.49. The summed E-state index contributed by atoms with van der Waals surface area (Å²) in [5, 5.41) is 13.0. The number of phenols is 1. The maximum Gasteiger partial charge on any atom is 0.175 e. The summed E-state index contributed by atoms with van der Waals surface area (Å²) in [5.41, 5.74) is 3.04. The maximum atomic E-state index is 10.6. The third-order valence-corrected chi connectivity index (χ3v) is 7.13. The Morgan fingerprint density at radius 2 is 2.10 bits per heavy atom. The van der Waals surface area contributed by atoms with Crippen LogP contribution in [0, 0.1) is 4.91 Å². The van der Waals surface area contributed by atoms with Crippen molar-refractivity contribution < 1.29 is 9.84 Å². The van der Waals surface area contributed by atoms with Crippen molar-refractivity contribution in [1.82, 2.24) is 9.97 Å².